The smallest absolute Gasteiger partial charge is 0.0713 e. The second kappa shape index (κ2) is 6.15. The van der Waals surface area contributed by atoms with Crippen molar-refractivity contribution < 1.29 is 4.74 Å². The number of anilines is 1. The fraction of sp³-hybridized carbons (Fsp3) is 0.647. The van der Waals surface area contributed by atoms with Crippen molar-refractivity contribution in [2.75, 3.05) is 25.1 Å². The lowest BCUT2D eigenvalue weighted by Gasteiger charge is -2.45. The van der Waals surface area contributed by atoms with E-state index in [1.807, 2.05) is 0 Å². The maximum Gasteiger partial charge on any atom is 0.0713 e. The first-order chi connectivity index (χ1) is 9.41. The van der Waals surface area contributed by atoms with Crippen molar-refractivity contribution in [3.63, 3.8) is 0 Å². The number of benzene rings is 1. The minimum atomic E-state index is 0.280. The summed E-state index contributed by atoms with van der Waals surface area (Å²) in [4.78, 5) is 2.52. The topological polar surface area (TPSA) is 24.5 Å². The van der Waals surface area contributed by atoms with Crippen molar-refractivity contribution in [3.8, 4) is 0 Å². The fourth-order valence-corrected chi connectivity index (χ4v) is 2.80. The van der Waals surface area contributed by atoms with E-state index in [0.717, 1.165) is 13.1 Å². The first kappa shape index (κ1) is 15.3. The lowest BCUT2D eigenvalue weighted by atomic mass is 9.84. The molecule has 112 valence electrons. The van der Waals surface area contributed by atoms with E-state index < -0.39 is 0 Å². The molecule has 1 aliphatic heterocycles. The molecule has 0 aliphatic carbocycles. The fourth-order valence-electron chi connectivity index (χ4n) is 2.80. The van der Waals surface area contributed by atoms with Crippen LogP contribution >= 0.6 is 0 Å². The van der Waals surface area contributed by atoms with Crippen LogP contribution < -0.4 is 10.2 Å². The highest BCUT2D eigenvalue weighted by Gasteiger charge is 2.32. The van der Waals surface area contributed by atoms with Gasteiger partial charge >= 0.3 is 0 Å². The summed E-state index contributed by atoms with van der Waals surface area (Å²) in [6, 6.07) is 9.76. The van der Waals surface area contributed by atoms with Crippen molar-refractivity contribution in [1.82, 2.24) is 5.32 Å². The van der Waals surface area contributed by atoms with E-state index in [1.165, 1.54) is 11.3 Å². The van der Waals surface area contributed by atoms with Gasteiger partial charge in [-0.15, -0.1) is 0 Å². The molecule has 2 rings (SSSR count). The van der Waals surface area contributed by atoms with E-state index in [-0.39, 0.29) is 5.41 Å². The maximum atomic E-state index is 5.24. The Morgan fingerprint density at radius 3 is 2.75 bits per heavy atom. The average Bonchev–Trinajstić information content (AvgIpc) is 2.38. The normalized spacial score (nSPS) is 23.9. The van der Waals surface area contributed by atoms with Crippen LogP contribution in [0.15, 0.2) is 24.3 Å². The summed E-state index contributed by atoms with van der Waals surface area (Å²) in [5.41, 5.74) is 2.83. The van der Waals surface area contributed by atoms with Crippen LogP contribution in [0.3, 0.4) is 0 Å². The van der Waals surface area contributed by atoms with E-state index >= 15 is 0 Å². The van der Waals surface area contributed by atoms with E-state index in [0.29, 0.717) is 18.7 Å². The molecule has 2 unspecified atom stereocenters. The van der Waals surface area contributed by atoms with Gasteiger partial charge in [0.15, 0.2) is 0 Å². The maximum absolute atomic E-state index is 5.24. The molecule has 1 aromatic rings. The molecule has 1 aliphatic rings. The molecule has 0 spiro atoms. The molecule has 1 aromatic carbocycles. The molecule has 0 aromatic heterocycles. The van der Waals surface area contributed by atoms with Crippen molar-refractivity contribution >= 4 is 5.69 Å². The molecule has 1 fully saturated rings. The zero-order valence-electron chi connectivity index (χ0n) is 13.4. The Labute approximate surface area is 123 Å². The Bertz CT molecular complexity index is 439. The largest absolute Gasteiger partial charge is 0.380 e. The molecular formula is C17H28N2O. The van der Waals surface area contributed by atoms with E-state index in [1.54, 1.807) is 7.11 Å². The number of nitrogens with one attached hydrogen (secondary N) is 1. The van der Waals surface area contributed by atoms with Crippen LogP contribution in [0, 0.1) is 5.41 Å². The number of ether oxygens (including phenoxy) is 1. The van der Waals surface area contributed by atoms with Gasteiger partial charge in [-0.2, -0.15) is 0 Å². The van der Waals surface area contributed by atoms with Crippen LogP contribution in [-0.2, 0) is 11.3 Å². The summed E-state index contributed by atoms with van der Waals surface area (Å²) in [7, 11) is 1.75. The van der Waals surface area contributed by atoms with Crippen LogP contribution in [0.2, 0.25) is 0 Å². The minimum absolute atomic E-state index is 0.280. The third-order valence-corrected chi connectivity index (χ3v) is 4.17. The molecule has 2 atom stereocenters. The third-order valence-electron chi connectivity index (χ3n) is 4.17. The second-order valence-corrected chi connectivity index (χ2v) is 6.93. The van der Waals surface area contributed by atoms with Gasteiger partial charge in [0.05, 0.1) is 6.61 Å². The van der Waals surface area contributed by atoms with Crippen LogP contribution in [-0.4, -0.2) is 32.3 Å². The first-order valence-electron chi connectivity index (χ1n) is 7.49. The Hall–Kier alpha value is -1.06. The molecule has 20 heavy (non-hydrogen) atoms. The predicted octanol–water partition coefficient (Wildman–Crippen LogP) is 3.05. The molecule has 1 heterocycles. The van der Waals surface area contributed by atoms with E-state index in [9.17, 15) is 0 Å². The summed E-state index contributed by atoms with van der Waals surface area (Å²) in [6.45, 7) is 12.0. The highest BCUT2D eigenvalue weighted by Crippen LogP contribution is 2.27. The molecule has 0 radical (unpaired) electrons. The predicted molar refractivity (Wildman–Crippen MR) is 85.2 cm³/mol. The number of hydrogen-bond donors (Lipinski definition) is 1. The van der Waals surface area contributed by atoms with Crippen molar-refractivity contribution in [1.29, 1.82) is 0 Å². The number of rotatable bonds is 3. The number of nitrogens with zero attached hydrogens (tertiary/aromatic N) is 1. The van der Waals surface area contributed by atoms with Crippen molar-refractivity contribution in [2.45, 2.75) is 46.4 Å². The first-order valence-corrected chi connectivity index (χ1v) is 7.49. The van der Waals surface area contributed by atoms with Gasteiger partial charge in [-0.3, -0.25) is 0 Å². The van der Waals surface area contributed by atoms with E-state index in [4.69, 9.17) is 4.74 Å². The summed E-state index contributed by atoms with van der Waals surface area (Å²) >= 11 is 0. The van der Waals surface area contributed by atoms with Crippen LogP contribution in [0.5, 0.6) is 0 Å². The summed E-state index contributed by atoms with van der Waals surface area (Å²) in [5.74, 6) is 0. The van der Waals surface area contributed by atoms with Gasteiger partial charge in [0.1, 0.15) is 0 Å². The number of methoxy groups -OCH3 is 1. The average molecular weight is 276 g/mol. The third kappa shape index (κ3) is 3.53. The van der Waals surface area contributed by atoms with Gasteiger partial charge in [0, 0.05) is 38.0 Å². The number of hydrogen-bond acceptors (Lipinski definition) is 3. The van der Waals surface area contributed by atoms with Crippen molar-refractivity contribution in [2.24, 2.45) is 5.41 Å². The highest BCUT2D eigenvalue weighted by atomic mass is 16.5. The van der Waals surface area contributed by atoms with Crippen LogP contribution in [0.1, 0.15) is 33.3 Å². The molecular weight excluding hydrogens is 248 g/mol. The zero-order valence-corrected chi connectivity index (χ0v) is 13.4. The van der Waals surface area contributed by atoms with Gasteiger partial charge in [0.2, 0.25) is 0 Å². The molecule has 1 saturated heterocycles. The van der Waals surface area contributed by atoms with Gasteiger partial charge in [-0.05, 0) is 30.0 Å². The molecule has 0 amide bonds. The van der Waals surface area contributed by atoms with E-state index in [2.05, 4.69) is 62.2 Å². The Kier molecular flexibility index (Phi) is 4.71. The zero-order chi connectivity index (χ0) is 14.8. The Morgan fingerprint density at radius 2 is 2.10 bits per heavy atom. The van der Waals surface area contributed by atoms with Gasteiger partial charge in [0.25, 0.3) is 0 Å². The Morgan fingerprint density at radius 1 is 1.35 bits per heavy atom. The molecule has 3 nitrogen and oxygen atoms in total. The molecule has 1 N–H and O–H groups in total. The molecule has 0 saturated carbocycles. The second-order valence-electron chi connectivity index (χ2n) is 6.93. The standard InChI is InChI=1S/C17H28N2O/c1-13-10-18-16(17(2,3)4)11-19(13)15-8-6-7-14(9-15)12-20-5/h6-9,13,16,18H,10-12H2,1-5H3. The lowest BCUT2D eigenvalue weighted by molar-refractivity contribution is 0.185. The summed E-state index contributed by atoms with van der Waals surface area (Å²) in [5, 5.41) is 3.68. The van der Waals surface area contributed by atoms with Gasteiger partial charge in [-0.1, -0.05) is 32.9 Å². The van der Waals surface area contributed by atoms with Gasteiger partial charge in [-0.25, -0.2) is 0 Å². The summed E-state index contributed by atoms with van der Waals surface area (Å²) in [6.07, 6.45) is 0. The highest BCUT2D eigenvalue weighted by molar-refractivity contribution is 5.50. The summed E-state index contributed by atoms with van der Waals surface area (Å²) < 4.78 is 5.24. The van der Waals surface area contributed by atoms with Crippen LogP contribution in [0.25, 0.3) is 0 Å². The molecule has 0 bridgehead atoms. The quantitative estimate of drug-likeness (QED) is 0.918. The van der Waals surface area contributed by atoms with Crippen LogP contribution in [0.4, 0.5) is 5.69 Å². The monoisotopic (exact) mass is 276 g/mol. The Balaban J connectivity index is 2.18. The molecule has 3 heteroatoms. The number of piperazine rings is 1. The lowest BCUT2D eigenvalue weighted by Crippen LogP contribution is -2.59. The van der Waals surface area contributed by atoms with Crippen molar-refractivity contribution in [3.05, 3.63) is 29.8 Å². The SMILES string of the molecule is COCc1cccc(N2CC(C(C)(C)C)NCC2C)c1. The van der Waals surface area contributed by atoms with Gasteiger partial charge < -0.3 is 15.0 Å². The minimum Gasteiger partial charge on any atom is -0.380 e.